The van der Waals surface area contributed by atoms with Crippen molar-refractivity contribution in [3.63, 3.8) is 0 Å². The molecule has 2 rings (SSSR count). The van der Waals surface area contributed by atoms with Gasteiger partial charge >= 0.3 is 0 Å². The number of amides is 1. The van der Waals surface area contributed by atoms with Crippen LogP contribution >= 0.6 is 0 Å². The van der Waals surface area contributed by atoms with Gasteiger partial charge in [-0.05, 0) is 19.4 Å². The summed E-state index contributed by atoms with van der Waals surface area (Å²) < 4.78 is 1.80. The first-order valence-electron chi connectivity index (χ1n) is 6.08. The van der Waals surface area contributed by atoms with E-state index in [0.29, 0.717) is 19.0 Å². The third-order valence-electron chi connectivity index (χ3n) is 3.09. The lowest BCUT2D eigenvalue weighted by Gasteiger charge is -2.22. The fourth-order valence-electron chi connectivity index (χ4n) is 2.04. The van der Waals surface area contributed by atoms with Crippen LogP contribution in [0.4, 0.5) is 0 Å². The SMILES string of the molecule is Cn1cnnc1CNC(=O)CC1CCCCN1. The second kappa shape index (κ2) is 5.77. The van der Waals surface area contributed by atoms with Crippen molar-refractivity contribution in [3.05, 3.63) is 12.2 Å². The number of carbonyl (C=O) groups is 1. The van der Waals surface area contributed by atoms with Gasteiger partial charge in [0, 0.05) is 19.5 Å². The molecule has 0 spiro atoms. The number of nitrogens with one attached hydrogen (secondary N) is 2. The Bertz CT molecular complexity index is 370. The fraction of sp³-hybridized carbons (Fsp3) is 0.727. The standard InChI is InChI=1S/C11H19N5O/c1-16-8-14-15-10(16)7-13-11(17)6-9-4-2-3-5-12-9/h8-9,12H,2-7H2,1H3,(H,13,17). The zero-order valence-corrected chi connectivity index (χ0v) is 10.1. The molecule has 1 saturated heterocycles. The van der Waals surface area contributed by atoms with E-state index in [0.717, 1.165) is 18.8 Å². The van der Waals surface area contributed by atoms with Crippen molar-refractivity contribution in [2.45, 2.75) is 38.3 Å². The molecule has 1 aliphatic heterocycles. The van der Waals surface area contributed by atoms with Crippen molar-refractivity contribution in [2.24, 2.45) is 7.05 Å². The molecule has 0 saturated carbocycles. The fourth-order valence-corrected chi connectivity index (χ4v) is 2.04. The van der Waals surface area contributed by atoms with Gasteiger partial charge in [0.25, 0.3) is 0 Å². The lowest BCUT2D eigenvalue weighted by Crippen LogP contribution is -2.38. The molecular weight excluding hydrogens is 218 g/mol. The molecule has 0 aliphatic carbocycles. The highest BCUT2D eigenvalue weighted by Crippen LogP contribution is 2.09. The Morgan fingerprint density at radius 1 is 1.65 bits per heavy atom. The average Bonchev–Trinajstić information content (AvgIpc) is 2.74. The topological polar surface area (TPSA) is 71.8 Å². The minimum absolute atomic E-state index is 0.0763. The van der Waals surface area contributed by atoms with E-state index >= 15 is 0 Å². The molecule has 94 valence electrons. The van der Waals surface area contributed by atoms with Crippen LogP contribution in [-0.2, 0) is 18.4 Å². The molecule has 1 fully saturated rings. The molecule has 1 aliphatic rings. The monoisotopic (exact) mass is 237 g/mol. The number of hydrogen-bond acceptors (Lipinski definition) is 4. The van der Waals surface area contributed by atoms with Crippen molar-refractivity contribution in [1.82, 2.24) is 25.4 Å². The molecule has 0 bridgehead atoms. The Hall–Kier alpha value is -1.43. The molecule has 17 heavy (non-hydrogen) atoms. The van der Waals surface area contributed by atoms with Gasteiger partial charge < -0.3 is 15.2 Å². The summed E-state index contributed by atoms with van der Waals surface area (Å²) in [5.74, 6) is 0.849. The van der Waals surface area contributed by atoms with E-state index in [9.17, 15) is 4.79 Å². The number of piperidine rings is 1. The number of nitrogens with zero attached hydrogens (tertiary/aromatic N) is 3. The summed E-state index contributed by atoms with van der Waals surface area (Å²) in [6, 6.07) is 0.336. The molecular formula is C11H19N5O. The van der Waals surface area contributed by atoms with E-state index in [1.165, 1.54) is 12.8 Å². The number of aromatic nitrogens is 3. The lowest BCUT2D eigenvalue weighted by molar-refractivity contribution is -0.121. The van der Waals surface area contributed by atoms with Gasteiger partial charge in [0.05, 0.1) is 6.54 Å². The summed E-state index contributed by atoms with van der Waals surface area (Å²) in [6.45, 7) is 1.48. The van der Waals surface area contributed by atoms with Crippen LogP contribution in [0.5, 0.6) is 0 Å². The largest absolute Gasteiger partial charge is 0.349 e. The Balaban J connectivity index is 1.72. The number of hydrogen-bond donors (Lipinski definition) is 2. The Labute approximate surface area is 101 Å². The van der Waals surface area contributed by atoms with Crippen molar-refractivity contribution in [3.8, 4) is 0 Å². The number of rotatable bonds is 4. The maximum atomic E-state index is 11.7. The molecule has 1 unspecified atom stereocenters. The van der Waals surface area contributed by atoms with Crippen molar-refractivity contribution < 1.29 is 4.79 Å². The first-order valence-corrected chi connectivity index (χ1v) is 6.08. The molecule has 2 N–H and O–H groups in total. The van der Waals surface area contributed by atoms with Crippen molar-refractivity contribution in [1.29, 1.82) is 0 Å². The first-order chi connectivity index (χ1) is 8.25. The molecule has 6 heteroatoms. The molecule has 1 aromatic rings. The zero-order chi connectivity index (χ0) is 12.1. The molecule has 1 atom stereocenters. The van der Waals surface area contributed by atoms with Crippen LogP contribution in [0.1, 0.15) is 31.5 Å². The summed E-state index contributed by atoms with van der Waals surface area (Å²) in [5, 5.41) is 13.9. The van der Waals surface area contributed by atoms with Gasteiger partial charge in [0.2, 0.25) is 5.91 Å². The average molecular weight is 237 g/mol. The van der Waals surface area contributed by atoms with Gasteiger partial charge in [-0.2, -0.15) is 0 Å². The maximum Gasteiger partial charge on any atom is 0.221 e. The van der Waals surface area contributed by atoms with E-state index in [1.54, 1.807) is 10.9 Å². The van der Waals surface area contributed by atoms with Gasteiger partial charge in [0.15, 0.2) is 5.82 Å². The van der Waals surface area contributed by atoms with Gasteiger partial charge in [-0.3, -0.25) is 4.79 Å². The first kappa shape index (κ1) is 12.0. The lowest BCUT2D eigenvalue weighted by atomic mass is 10.0. The van der Waals surface area contributed by atoms with Crippen LogP contribution in [0.3, 0.4) is 0 Å². The van der Waals surface area contributed by atoms with E-state index in [4.69, 9.17) is 0 Å². The van der Waals surface area contributed by atoms with Gasteiger partial charge in [0.1, 0.15) is 6.33 Å². The Morgan fingerprint density at radius 3 is 3.18 bits per heavy atom. The smallest absolute Gasteiger partial charge is 0.221 e. The molecule has 0 radical (unpaired) electrons. The number of aryl methyl sites for hydroxylation is 1. The van der Waals surface area contributed by atoms with E-state index in [1.807, 2.05) is 7.05 Å². The molecule has 6 nitrogen and oxygen atoms in total. The second-order valence-corrected chi connectivity index (χ2v) is 4.49. The van der Waals surface area contributed by atoms with E-state index < -0.39 is 0 Å². The summed E-state index contributed by atoms with van der Waals surface area (Å²) in [5.41, 5.74) is 0. The van der Waals surface area contributed by atoms with Crippen molar-refractivity contribution in [2.75, 3.05) is 6.54 Å². The molecule has 2 heterocycles. The Morgan fingerprint density at radius 2 is 2.53 bits per heavy atom. The molecule has 1 amide bonds. The molecule has 0 aromatic carbocycles. The second-order valence-electron chi connectivity index (χ2n) is 4.49. The van der Waals surface area contributed by atoms with Crippen LogP contribution < -0.4 is 10.6 Å². The van der Waals surface area contributed by atoms with Crippen molar-refractivity contribution >= 4 is 5.91 Å². The van der Waals surface area contributed by atoms with Crippen LogP contribution in [0.25, 0.3) is 0 Å². The van der Waals surface area contributed by atoms with Gasteiger partial charge in [-0.25, -0.2) is 0 Å². The van der Waals surface area contributed by atoms with E-state index in [2.05, 4.69) is 20.8 Å². The summed E-state index contributed by atoms with van der Waals surface area (Å²) in [4.78, 5) is 11.7. The van der Waals surface area contributed by atoms with Crippen LogP contribution in [0, 0.1) is 0 Å². The van der Waals surface area contributed by atoms with E-state index in [-0.39, 0.29) is 5.91 Å². The summed E-state index contributed by atoms with van der Waals surface area (Å²) in [6.07, 6.45) is 5.71. The minimum atomic E-state index is 0.0763. The molecule has 1 aromatic heterocycles. The quantitative estimate of drug-likeness (QED) is 0.771. The maximum absolute atomic E-state index is 11.7. The van der Waals surface area contributed by atoms with Crippen LogP contribution in [-0.4, -0.2) is 33.3 Å². The van der Waals surface area contributed by atoms with Gasteiger partial charge in [-0.15, -0.1) is 10.2 Å². The number of carbonyl (C=O) groups excluding carboxylic acids is 1. The highest BCUT2D eigenvalue weighted by Gasteiger charge is 2.16. The third-order valence-corrected chi connectivity index (χ3v) is 3.09. The van der Waals surface area contributed by atoms with Crippen LogP contribution in [0.15, 0.2) is 6.33 Å². The zero-order valence-electron chi connectivity index (χ0n) is 10.1. The highest BCUT2D eigenvalue weighted by molar-refractivity contribution is 5.76. The minimum Gasteiger partial charge on any atom is -0.349 e. The predicted octanol–water partition coefficient (Wildman–Crippen LogP) is -0.0365. The normalized spacial score (nSPS) is 20.2. The summed E-state index contributed by atoms with van der Waals surface area (Å²) >= 11 is 0. The van der Waals surface area contributed by atoms with Crippen LogP contribution in [0.2, 0.25) is 0 Å². The predicted molar refractivity (Wildman–Crippen MR) is 63.1 cm³/mol. The Kier molecular flexibility index (Phi) is 4.08. The summed E-state index contributed by atoms with van der Waals surface area (Å²) in [7, 11) is 1.87. The highest BCUT2D eigenvalue weighted by atomic mass is 16.1. The van der Waals surface area contributed by atoms with Gasteiger partial charge in [-0.1, -0.05) is 6.42 Å². The third kappa shape index (κ3) is 3.52.